The fourth-order valence-corrected chi connectivity index (χ4v) is 3.17. The minimum Gasteiger partial charge on any atom is -0.354 e. The number of aromatic nitrogens is 6. The van der Waals surface area contributed by atoms with Gasteiger partial charge in [0, 0.05) is 19.3 Å². The van der Waals surface area contributed by atoms with E-state index in [1.54, 1.807) is 17.2 Å². The van der Waals surface area contributed by atoms with Gasteiger partial charge in [0.15, 0.2) is 11.6 Å². The molecule has 0 bridgehead atoms. The first-order chi connectivity index (χ1) is 13.2. The second-order valence-electron chi connectivity index (χ2n) is 6.58. The normalized spacial score (nSPS) is 16.9. The monoisotopic (exact) mass is 364 g/mol. The third-order valence-electron chi connectivity index (χ3n) is 4.57. The van der Waals surface area contributed by atoms with Gasteiger partial charge in [0.25, 0.3) is 0 Å². The van der Waals surface area contributed by atoms with Crippen LogP contribution >= 0.6 is 0 Å². The van der Waals surface area contributed by atoms with Crippen molar-refractivity contribution in [1.29, 1.82) is 0 Å². The molecular weight excluding hydrogens is 344 g/mol. The number of nitrogens with zero attached hydrogens (tertiary/aromatic N) is 7. The molecule has 9 heteroatoms. The lowest BCUT2D eigenvalue weighted by atomic mass is 9.97. The third kappa shape index (κ3) is 3.91. The predicted octanol–water partition coefficient (Wildman–Crippen LogP) is 1.62. The summed E-state index contributed by atoms with van der Waals surface area (Å²) in [6.45, 7) is 3.43. The SMILES string of the molecule is Cc1ccnc(NC(=O)C2CCCN(c3ccc(-n4cncn4)nn3)C2)c1. The molecule has 1 aliphatic heterocycles. The van der Waals surface area contributed by atoms with Gasteiger partial charge < -0.3 is 10.2 Å². The summed E-state index contributed by atoms with van der Waals surface area (Å²) in [6.07, 6.45) is 6.49. The molecular formula is C18H20N8O. The maximum Gasteiger partial charge on any atom is 0.230 e. The number of pyridine rings is 1. The van der Waals surface area contributed by atoms with Crippen molar-refractivity contribution in [2.24, 2.45) is 5.92 Å². The van der Waals surface area contributed by atoms with Gasteiger partial charge in [0.05, 0.1) is 5.92 Å². The highest BCUT2D eigenvalue weighted by Gasteiger charge is 2.27. The highest BCUT2D eigenvalue weighted by Crippen LogP contribution is 2.22. The van der Waals surface area contributed by atoms with Crippen molar-refractivity contribution in [3.63, 3.8) is 0 Å². The summed E-state index contributed by atoms with van der Waals surface area (Å²) in [4.78, 5) is 22.8. The molecule has 1 unspecified atom stereocenters. The number of anilines is 2. The number of carbonyl (C=O) groups is 1. The fourth-order valence-electron chi connectivity index (χ4n) is 3.17. The Hall–Kier alpha value is -3.36. The topological polar surface area (TPSA) is 102 Å². The van der Waals surface area contributed by atoms with Crippen LogP contribution in [0, 0.1) is 12.8 Å². The van der Waals surface area contributed by atoms with Crippen LogP contribution in [0.3, 0.4) is 0 Å². The molecule has 3 aromatic rings. The van der Waals surface area contributed by atoms with E-state index in [1.165, 1.54) is 6.33 Å². The molecule has 1 fully saturated rings. The molecule has 3 aromatic heterocycles. The summed E-state index contributed by atoms with van der Waals surface area (Å²) >= 11 is 0. The summed E-state index contributed by atoms with van der Waals surface area (Å²) in [5, 5.41) is 15.5. The van der Waals surface area contributed by atoms with Crippen LogP contribution in [0.2, 0.25) is 0 Å². The van der Waals surface area contributed by atoms with E-state index in [0.29, 0.717) is 18.2 Å². The lowest BCUT2D eigenvalue weighted by molar-refractivity contribution is -0.120. The molecule has 0 saturated carbocycles. The van der Waals surface area contributed by atoms with E-state index in [2.05, 4.69) is 35.5 Å². The molecule has 1 N–H and O–H groups in total. The molecule has 4 rings (SSSR count). The fraction of sp³-hybridized carbons (Fsp3) is 0.333. The van der Waals surface area contributed by atoms with Crippen molar-refractivity contribution in [2.45, 2.75) is 19.8 Å². The van der Waals surface area contributed by atoms with Crippen LogP contribution < -0.4 is 10.2 Å². The summed E-state index contributed by atoms with van der Waals surface area (Å²) in [5.41, 5.74) is 1.06. The standard InChI is InChI=1S/C18H20N8O/c1-13-6-7-20-15(9-13)22-18(27)14-3-2-8-25(10-14)16-4-5-17(24-23-16)26-12-19-11-21-26/h4-7,9,11-12,14H,2-3,8,10H2,1H3,(H,20,22,27). The Labute approximate surface area is 156 Å². The molecule has 0 aliphatic carbocycles. The number of nitrogens with one attached hydrogen (secondary N) is 1. The zero-order valence-electron chi connectivity index (χ0n) is 15.0. The second-order valence-corrected chi connectivity index (χ2v) is 6.58. The Morgan fingerprint density at radius 2 is 2.07 bits per heavy atom. The zero-order valence-corrected chi connectivity index (χ0v) is 15.0. The molecule has 0 spiro atoms. The largest absolute Gasteiger partial charge is 0.354 e. The molecule has 1 atom stereocenters. The minimum absolute atomic E-state index is 0.00926. The number of piperidine rings is 1. The number of hydrogen-bond acceptors (Lipinski definition) is 7. The predicted molar refractivity (Wildman–Crippen MR) is 99.5 cm³/mol. The quantitative estimate of drug-likeness (QED) is 0.750. The van der Waals surface area contributed by atoms with Crippen LogP contribution in [0.4, 0.5) is 11.6 Å². The number of hydrogen-bond donors (Lipinski definition) is 1. The molecule has 1 amide bonds. The maximum absolute atomic E-state index is 12.6. The van der Waals surface area contributed by atoms with Gasteiger partial charge in [-0.15, -0.1) is 10.2 Å². The van der Waals surface area contributed by atoms with Crippen LogP contribution in [0.5, 0.6) is 0 Å². The molecule has 0 aromatic carbocycles. The maximum atomic E-state index is 12.6. The van der Waals surface area contributed by atoms with E-state index in [4.69, 9.17) is 0 Å². The molecule has 1 aliphatic rings. The lowest BCUT2D eigenvalue weighted by Crippen LogP contribution is -2.41. The molecule has 138 valence electrons. The molecule has 4 heterocycles. The van der Waals surface area contributed by atoms with Crippen molar-refractivity contribution < 1.29 is 4.79 Å². The average molecular weight is 364 g/mol. The van der Waals surface area contributed by atoms with E-state index in [-0.39, 0.29) is 11.8 Å². The number of aryl methyl sites for hydroxylation is 1. The van der Waals surface area contributed by atoms with E-state index in [9.17, 15) is 4.79 Å². The first-order valence-electron chi connectivity index (χ1n) is 8.86. The Balaban J connectivity index is 1.42. The van der Waals surface area contributed by atoms with Crippen molar-refractivity contribution in [1.82, 2.24) is 29.9 Å². The molecule has 9 nitrogen and oxygen atoms in total. The van der Waals surface area contributed by atoms with Crippen LogP contribution in [-0.2, 0) is 4.79 Å². The van der Waals surface area contributed by atoms with Crippen LogP contribution in [0.25, 0.3) is 5.82 Å². The van der Waals surface area contributed by atoms with E-state index in [0.717, 1.165) is 30.8 Å². The first kappa shape index (κ1) is 17.1. The van der Waals surface area contributed by atoms with Gasteiger partial charge in [-0.05, 0) is 49.6 Å². The van der Waals surface area contributed by atoms with Gasteiger partial charge in [-0.25, -0.2) is 14.6 Å². The van der Waals surface area contributed by atoms with E-state index in [1.807, 2.05) is 31.2 Å². The van der Waals surface area contributed by atoms with Gasteiger partial charge in [-0.3, -0.25) is 4.79 Å². The number of rotatable bonds is 4. The Bertz CT molecular complexity index is 909. The summed E-state index contributed by atoms with van der Waals surface area (Å²) in [6, 6.07) is 7.51. The van der Waals surface area contributed by atoms with Crippen LogP contribution in [0.15, 0.2) is 43.1 Å². The molecule has 27 heavy (non-hydrogen) atoms. The Morgan fingerprint density at radius 1 is 1.22 bits per heavy atom. The van der Waals surface area contributed by atoms with Gasteiger partial charge in [-0.1, -0.05) is 0 Å². The van der Waals surface area contributed by atoms with Gasteiger partial charge >= 0.3 is 0 Å². The highest BCUT2D eigenvalue weighted by molar-refractivity contribution is 5.92. The highest BCUT2D eigenvalue weighted by atomic mass is 16.2. The summed E-state index contributed by atoms with van der Waals surface area (Å²) < 4.78 is 1.55. The summed E-state index contributed by atoms with van der Waals surface area (Å²) in [5.74, 6) is 1.83. The smallest absolute Gasteiger partial charge is 0.230 e. The van der Waals surface area contributed by atoms with E-state index < -0.39 is 0 Å². The molecule has 0 radical (unpaired) electrons. The Kier molecular flexibility index (Phi) is 4.73. The number of amides is 1. The van der Waals surface area contributed by atoms with Crippen molar-refractivity contribution in [2.75, 3.05) is 23.3 Å². The Morgan fingerprint density at radius 3 is 2.81 bits per heavy atom. The third-order valence-corrected chi connectivity index (χ3v) is 4.57. The van der Waals surface area contributed by atoms with Crippen molar-refractivity contribution >= 4 is 17.5 Å². The van der Waals surface area contributed by atoms with Crippen LogP contribution in [0.1, 0.15) is 18.4 Å². The first-order valence-corrected chi connectivity index (χ1v) is 8.86. The lowest BCUT2D eigenvalue weighted by Gasteiger charge is -2.32. The van der Waals surface area contributed by atoms with E-state index >= 15 is 0 Å². The van der Waals surface area contributed by atoms with Crippen molar-refractivity contribution in [3.05, 3.63) is 48.7 Å². The van der Waals surface area contributed by atoms with Gasteiger partial charge in [0.1, 0.15) is 18.5 Å². The zero-order chi connectivity index (χ0) is 18.6. The van der Waals surface area contributed by atoms with Crippen molar-refractivity contribution in [3.8, 4) is 5.82 Å². The molecule has 1 saturated heterocycles. The number of carbonyl (C=O) groups excluding carboxylic acids is 1. The van der Waals surface area contributed by atoms with Crippen LogP contribution in [-0.4, -0.2) is 48.9 Å². The van der Waals surface area contributed by atoms with Gasteiger partial charge in [0.2, 0.25) is 5.91 Å². The van der Waals surface area contributed by atoms with Gasteiger partial charge in [-0.2, -0.15) is 5.10 Å². The summed E-state index contributed by atoms with van der Waals surface area (Å²) in [7, 11) is 0. The second kappa shape index (κ2) is 7.48. The average Bonchev–Trinajstić information content (AvgIpc) is 3.23. The minimum atomic E-state index is -0.113.